The van der Waals surface area contributed by atoms with Crippen LogP contribution in [-0.4, -0.2) is 20.6 Å². The average molecular weight is 229 g/mol. The molecule has 1 aromatic heterocycles. The highest BCUT2D eigenvalue weighted by atomic mass is 35.5. The Morgan fingerprint density at radius 1 is 1.53 bits per heavy atom. The number of carbonyl (C=O) groups is 1. The largest absolute Gasteiger partial charge is 0.476 e. The van der Waals surface area contributed by atoms with E-state index in [-0.39, 0.29) is 10.8 Å². The zero-order chi connectivity index (χ0) is 11.0. The molecular weight excluding hydrogens is 216 g/mol. The molecule has 0 spiro atoms. The maximum Gasteiger partial charge on any atom is 0.355 e. The summed E-state index contributed by atoms with van der Waals surface area (Å²) in [6.45, 7) is 0. The minimum atomic E-state index is -1.01. The molecule has 1 heterocycles. The summed E-state index contributed by atoms with van der Waals surface area (Å²) < 4.78 is 1.61. The van der Waals surface area contributed by atoms with Gasteiger partial charge in [-0.05, 0) is 12.8 Å². The van der Waals surface area contributed by atoms with Crippen molar-refractivity contribution in [3.8, 4) is 0 Å². The zero-order valence-electron chi connectivity index (χ0n) is 8.53. The van der Waals surface area contributed by atoms with Crippen molar-refractivity contribution in [2.75, 3.05) is 0 Å². The standard InChI is InChI=1S/C10H13ClN2O2/c1-13-7(10(14)15)8(11)12-9(13)6-4-2-3-5-6/h6H,2-5H2,1H3,(H,14,15). The molecule has 1 aliphatic carbocycles. The van der Waals surface area contributed by atoms with Gasteiger partial charge in [-0.1, -0.05) is 24.4 Å². The SMILES string of the molecule is Cn1c(C2CCCC2)nc(Cl)c1C(=O)O. The molecule has 0 unspecified atom stereocenters. The lowest BCUT2D eigenvalue weighted by molar-refractivity contribution is 0.0686. The zero-order valence-corrected chi connectivity index (χ0v) is 9.29. The number of hydrogen-bond acceptors (Lipinski definition) is 2. The van der Waals surface area contributed by atoms with Crippen molar-refractivity contribution in [2.45, 2.75) is 31.6 Å². The van der Waals surface area contributed by atoms with E-state index in [4.69, 9.17) is 16.7 Å². The van der Waals surface area contributed by atoms with Gasteiger partial charge in [0, 0.05) is 13.0 Å². The topological polar surface area (TPSA) is 55.1 Å². The highest BCUT2D eigenvalue weighted by Gasteiger charge is 2.26. The first kappa shape index (κ1) is 10.5. The highest BCUT2D eigenvalue weighted by molar-refractivity contribution is 6.32. The molecule has 1 aromatic rings. The van der Waals surface area contributed by atoms with Crippen molar-refractivity contribution in [1.29, 1.82) is 0 Å². The van der Waals surface area contributed by atoms with E-state index in [2.05, 4.69) is 4.98 Å². The van der Waals surface area contributed by atoms with Gasteiger partial charge in [-0.3, -0.25) is 0 Å². The Morgan fingerprint density at radius 2 is 2.13 bits per heavy atom. The van der Waals surface area contributed by atoms with Crippen molar-refractivity contribution < 1.29 is 9.90 Å². The average Bonchev–Trinajstić information content (AvgIpc) is 2.72. The summed E-state index contributed by atoms with van der Waals surface area (Å²) in [5, 5.41) is 9.06. The van der Waals surface area contributed by atoms with Crippen molar-refractivity contribution in [3.63, 3.8) is 0 Å². The van der Waals surface area contributed by atoms with Crippen molar-refractivity contribution in [1.82, 2.24) is 9.55 Å². The van der Waals surface area contributed by atoms with Gasteiger partial charge in [-0.25, -0.2) is 9.78 Å². The first-order valence-electron chi connectivity index (χ1n) is 5.06. The van der Waals surface area contributed by atoms with Gasteiger partial charge in [0.1, 0.15) is 5.82 Å². The van der Waals surface area contributed by atoms with Crippen molar-refractivity contribution >= 4 is 17.6 Å². The van der Waals surface area contributed by atoms with Crippen LogP contribution in [0, 0.1) is 0 Å². The van der Waals surface area contributed by atoms with Gasteiger partial charge in [0.15, 0.2) is 10.8 Å². The number of hydrogen-bond donors (Lipinski definition) is 1. The van der Waals surface area contributed by atoms with Crippen molar-refractivity contribution in [3.05, 3.63) is 16.7 Å². The van der Waals surface area contributed by atoms with Crippen molar-refractivity contribution in [2.24, 2.45) is 7.05 Å². The van der Waals surface area contributed by atoms with E-state index in [9.17, 15) is 4.79 Å². The summed E-state index contributed by atoms with van der Waals surface area (Å²) in [6, 6.07) is 0. The summed E-state index contributed by atoms with van der Waals surface area (Å²) in [7, 11) is 1.72. The number of imidazole rings is 1. The number of nitrogens with zero attached hydrogens (tertiary/aromatic N) is 2. The molecule has 0 bridgehead atoms. The number of carboxylic acids is 1. The summed E-state index contributed by atoms with van der Waals surface area (Å²) in [5.41, 5.74) is 0.0959. The lowest BCUT2D eigenvalue weighted by Gasteiger charge is -2.08. The first-order valence-corrected chi connectivity index (χ1v) is 5.44. The predicted molar refractivity (Wildman–Crippen MR) is 56.4 cm³/mol. The molecule has 1 fully saturated rings. The lowest BCUT2D eigenvalue weighted by Crippen LogP contribution is -2.09. The van der Waals surface area contributed by atoms with Crippen LogP contribution in [0.15, 0.2) is 0 Å². The minimum Gasteiger partial charge on any atom is -0.476 e. The van der Waals surface area contributed by atoms with E-state index in [0.717, 1.165) is 18.7 Å². The van der Waals surface area contributed by atoms with Crippen LogP contribution in [0.5, 0.6) is 0 Å². The number of carboxylic acid groups (broad SMARTS) is 1. The molecule has 0 saturated heterocycles. The lowest BCUT2D eigenvalue weighted by atomic mass is 10.1. The van der Waals surface area contributed by atoms with E-state index in [0.29, 0.717) is 5.92 Å². The number of aromatic carboxylic acids is 1. The third-order valence-electron chi connectivity index (χ3n) is 3.01. The molecule has 0 atom stereocenters. The molecule has 1 saturated carbocycles. The molecule has 0 radical (unpaired) electrons. The maximum atomic E-state index is 10.9. The van der Waals surface area contributed by atoms with Crippen LogP contribution in [-0.2, 0) is 7.05 Å². The van der Waals surface area contributed by atoms with E-state index in [1.165, 1.54) is 12.8 Å². The highest BCUT2D eigenvalue weighted by Crippen LogP contribution is 2.34. The van der Waals surface area contributed by atoms with E-state index >= 15 is 0 Å². The van der Waals surface area contributed by atoms with Gasteiger partial charge in [-0.2, -0.15) is 0 Å². The van der Waals surface area contributed by atoms with Crippen LogP contribution in [0.1, 0.15) is 47.9 Å². The van der Waals surface area contributed by atoms with E-state index < -0.39 is 5.97 Å². The van der Waals surface area contributed by atoms with Crippen LogP contribution in [0.2, 0.25) is 5.15 Å². The fourth-order valence-corrected chi connectivity index (χ4v) is 2.56. The van der Waals surface area contributed by atoms with Crippen LogP contribution < -0.4 is 0 Å². The molecule has 5 heteroatoms. The van der Waals surface area contributed by atoms with E-state index in [1.54, 1.807) is 11.6 Å². The summed E-state index contributed by atoms with van der Waals surface area (Å²) in [5.74, 6) is 0.176. The Kier molecular flexibility index (Phi) is 2.69. The molecule has 15 heavy (non-hydrogen) atoms. The summed E-state index contributed by atoms with van der Waals surface area (Å²) in [6.07, 6.45) is 4.55. The van der Waals surface area contributed by atoms with E-state index in [1.807, 2.05) is 0 Å². The maximum absolute atomic E-state index is 10.9. The second-order valence-corrected chi connectivity index (χ2v) is 4.31. The van der Waals surface area contributed by atoms with Gasteiger partial charge < -0.3 is 9.67 Å². The molecule has 82 valence electrons. The Balaban J connectivity index is 2.40. The molecule has 1 N–H and O–H groups in total. The quantitative estimate of drug-likeness (QED) is 0.846. The Bertz CT molecular complexity index is 394. The van der Waals surface area contributed by atoms with Crippen LogP contribution in [0.3, 0.4) is 0 Å². The normalized spacial score (nSPS) is 17.2. The second-order valence-electron chi connectivity index (χ2n) is 3.95. The first-order chi connectivity index (χ1) is 7.11. The molecular formula is C10H13ClN2O2. The van der Waals surface area contributed by atoms with Gasteiger partial charge >= 0.3 is 5.97 Å². The van der Waals surface area contributed by atoms with Gasteiger partial charge in [0.25, 0.3) is 0 Å². The Hall–Kier alpha value is -1.03. The molecule has 4 nitrogen and oxygen atoms in total. The fraction of sp³-hybridized carbons (Fsp3) is 0.600. The fourth-order valence-electron chi connectivity index (χ4n) is 2.26. The predicted octanol–water partition coefficient (Wildman–Crippen LogP) is 2.43. The Morgan fingerprint density at radius 3 is 2.60 bits per heavy atom. The summed E-state index contributed by atoms with van der Waals surface area (Å²) in [4.78, 5) is 15.1. The van der Waals surface area contributed by atoms with Crippen LogP contribution in [0.4, 0.5) is 0 Å². The smallest absolute Gasteiger partial charge is 0.355 e. The molecule has 1 aliphatic rings. The van der Waals surface area contributed by atoms with Crippen LogP contribution in [0.25, 0.3) is 0 Å². The molecule has 2 rings (SSSR count). The third-order valence-corrected chi connectivity index (χ3v) is 3.27. The third kappa shape index (κ3) is 1.74. The minimum absolute atomic E-state index is 0.0959. The van der Waals surface area contributed by atoms with Gasteiger partial charge in [0.2, 0.25) is 0 Å². The van der Waals surface area contributed by atoms with Gasteiger partial charge in [0.05, 0.1) is 0 Å². The summed E-state index contributed by atoms with van der Waals surface area (Å²) >= 11 is 5.81. The van der Waals surface area contributed by atoms with Gasteiger partial charge in [-0.15, -0.1) is 0 Å². The monoisotopic (exact) mass is 228 g/mol. The van der Waals surface area contributed by atoms with Crippen LogP contribution >= 0.6 is 11.6 Å². The number of aromatic nitrogens is 2. The molecule has 0 aromatic carbocycles. The second kappa shape index (κ2) is 3.85. The number of halogens is 1. The Labute approximate surface area is 92.9 Å². The number of rotatable bonds is 2. The molecule has 0 amide bonds. The molecule has 0 aliphatic heterocycles.